The lowest BCUT2D eigenvalue weighted by Gasteiger charge is -1.98. The molecule has 0 fully saturated rings. The lowest BCUT2D eigenvalue weighted by Crippen LogP contribution is -2.14. The van der Waals surface area contributed by atoms with Gasteiger partial charge in [-0.3, -0.25) is 0 Å². The Morgan fingerprint density at radius 1 is 1.67 bits per heavy atom. The summed E-state index contributed by atoms with van der Waals surface area (Å²) in [5.41, 5.74) is 5.62. The average molecular weight is 250 g/mol. The first-order valence-electron chi connectivity index (χ1n) is 2.95. The van der Waals surface area contributed by atoms with Crippen LogP contribution in [0.25, 0.3) is 0 Å². The normalized spacial score (nSPS) is 11.7. The first kappa shape index (κ1) is 9.28. The Morgan fingerprint density at radius 3 is 2.83 bits per heavy atom. The summed E-state index contributed by atoms with van der Waals surface area (Å²) in [4.78, 5) is 3.85. The van der Waals surface area contributed by atoms with E-state index in [9.17, 15) is 0 Å². The van der Waals surface area contributed by atoms with Crippen molar-refractivity contribution in [2.45, 2.75) is 0 Å². The van der Waals surface area contributed by atoms with E-state index >= 15 is 0 Å². The molecule has 0 amide bonds. The van der Waals surface area contributed by atoms with Gasteiger partial charge in [0, 0.05) is 0 Å². The molecule has 0 aliphatic heterocycles. The number of pyridine rings is 1. The number of amidine groups is 1. The molecule has 1 aromatic rings. The van der Waals surface area contributed by atoms with Crippen LogP contribution in [0.1, 0.15) is 5.69 Å². The second-order valence-electron chi connectivity index (χ2n) is 1.95. The Hall–Kier alpha value is -0.810. The molecular formula is C6H5BrClN3O. The van der Waals surface area contributed by atoms with Crippen molar-refractivity contribution in [2.75, 3.05) is 0 Å². The van der Waals surface area contributed by atoms with E-state index < -0.39 is 0 Å². The number of hydrogen-bond donors (Lipinski definition) is 2. The molecule has 0 spiro atoms. The van der Waals surface area contributed by atoms with E-state index in [-0.39, 0.29) is 11.0 Å². The zero-order valence-electron chi connectivity index (χ0n) is 5.83. The number of halogens is 2. The van der Waals surface area contributed by atoms with Crippen LogP contribution in [0.15, 0.2) is 21.8 Å². The third-order valence-electron chi connectivity index (χ3n) is 1.17. The molecule has 0 bridgehead atoms. The van der Waals surface area contributed by atoms with E-state index in [0.29, 0.717) is 10.2 Å². The van der Waals surface area contributed by atoms with Crippen molar-refractivity contribution in [2.24, 2.45) is 10.9 Å². The highest BCUT2D eigenvalue weighted by molar-refractivity contribution is 9.10. The van der Waals surface area contributed by atoms with Crippen LogP contribution in [0.4, 0.5) is 0 Å². The Kier molecular flexibility index (Phi) is 2.88. The van der Waals surface area contributed by atoms with Gasteiger partial charge in [0.15, 0.2) is 5.84 Å². The minimum Gasteiger partial charge on any atom is -0.409 e. The molecule has 0 unspecified atom stereocenters. The summed E-state index contributed by atoms with van der Waals surface area (Å²) in [6, 6.07) is 3.26. The standard InChI is InChI=1S/C6H5BrClN3O/c7-3-1-2-4(6(9)11-12)10-5(3)8/h1-2,12H,(H2,9,11). The van der Waals surface area contributed by atoms with Gasteiger partial charge in [-0.1, -0.05) is 16.8 Å². The third-order valence-corrected chi connectivity index (χ3v) is 2.33. The number of rotatable bonds is 1. The van der Waals surface area contributed by atoms with Gasteiger partial charge in [-0.2, -0.15) is 0 Å². The van der Waals surface area contributed by atoms with Crippen molar-refractivity contribution in [3.8, 4) is 0 Å². The highest BCUT2D eigenvalue weighted by atomic mass is 79.9. The van der Waals surface area contributed by atoms with Gasteiger partial charge in [0.2, 0.25) is 0 Å². The van der Waals surface area contributed by atoms with E-state index in [2.05, 4.69) is 26.1 Å². The van der Waals surface area contributed by atoms with Crippen molar-refractivity contribution < 1.29 is 5.21 Å². The maximum absolute atomic E-state index is 8.32. The number of aromatic nitrogens is 1. The summed E-state index contributed by atoms with van der Waals surface area (Å²) in [5.74, 6) is -0.0654. The predicted octanol–water partition coefficient (Wildman–Crippen LogP) is 1.59. The van der Waals surface area contributed by atoms with Crippen LogP contribution in [0.3, 0.4) is 0 Å². The van der Waals surface area contributed by atoms with Crippen LogP contribution in [-0.4, -0.2) is 16.0 Å². The average Bonchev–Trinajstić information content (AvgIpc) is 2.08. The molecule has 4 nitrogen and oxygen atoms in total. The van der Waals surface area contributed by atoms with Crippen LogP contribution < -0.4 is 5.73 Å². The summed E-state index contributed by atoms with van der Waals surface area (Å²) in [5, 5.41) is 11.4. The van der Waals surface area contributed by atoms with Crippen LogP contribution in [-0.2, 0) is 0 Å². The van der Waals surface area contributed by atoms with E-state index in [1.807, 2.05) is 0 Å². The smallest absolute Gasteiger partial charge is 0.188 e. The fraction of sp³-hybridized carbons (Fsp3) is 0. The van der Waals surface area contributed by atoms with Crippen molar-refractivity contribution >= 4 is 33.4 Å². The maximum atomic E-state index is 8.32. The van der Waals surface area contributed by atoms with Gasteiger partial charge in [-0.25, -0.2) is 4.98 Å². The number of nitrogens with two attached hydrogens (primary N) is 1. The summed E-state index contributed by atoms with van der Waals surface area (Å²) < 4.78 is 0.665. The van der Waals surface area contributed by atoms with Crippen molar-refractivity contribution in [1.82, 2.24) is 4.98 Å². The monoisotopic (exact) mass is 249 g/mol. The zero-order chi connectivity index (χ0) is 9.14. The molecule has 12 heavy (non-hydrogen) atoms. The SMILES string of the molecule is N/C(=N\O)c1ccc(Br)c(Cl)n1. The minimum atomic E-state index is -0.0654. The second-order valence-corrected chi connectivity index (χ2v) is 3.17. The van der Waals surface area contributed by atoms with Gasteiger partial charge in [0.05, 0.1) is 4.47 Å². The molecular weight excluding hydrogens is 245 g/mol. The number of oxime groups is 1. The van der Waals surface area contributed by atoms with E-state index in [1.165, 1.54) is 0 Å². The molecule has 1 rings (SSSR count). The van der Waals surface area contributed by atoms with Crippen LogP contribution in [0.5, 0.6) is 0 Å². The molecule has 1 heterocycles. The van der Waals surface area contributed by atoms with Crippen LogP contribution in [0, 0.1) is 0 Å². The van der Waals surface area contributed by atoms with E-state index in [1.54, 1.807) is 12.1 Å². The first-order valence-corrected chi connectivity index (χ1v) is 4.12. The largest absolute Gasteiger partial charge is 0.409 e. The first-order chi connectivity index (χ1) is 5.65. The molecule has 1 aromatic heterocycles. The van der Waals surface area contributed by atoms with Gasteiger partial charge < -0.3 is 10.9 Å². The molecule has 6 heteroatoms. The molecule has 0 saturated heterocycles. The quantitative estimate of drug-likeness (QED) is 0.261. The lowest BCUT2D eigenvalue weighted by atomic mass is 10.3. The molecule has 0 saturated carbocycles. The molecule has 0 aromatic carbocycles. The molecule has 0 aliphatic carbocycles. The zero-order valence-corrected chi connectivity index (χ0v) is 8.17. The number of nitrogens with zero attached hydrogens (tertiary/aromatic N) is 2. The predicted molar refractivity (Wildman–Crippen MR) is 49.5 cm³/mol. The fourth-order valence-electron chi connectivity index (χ4n) is 0.611. The Labute approximate surface area is 82.2 Å². The van der Waals surface area contributed by atoms with Gasteiger partial charge in [-0.15, -0.1) is 0 Å². The van der Waals surface area contributed by atoms with Gasteiger partial charge in [0.1, 0.15) is 10.8 Å². The molecule has 3 N–H and O–H groups in total. The second kappa shape index (κ2) is 3.73. The van der Waals surface area contributed by atoms with E-state index in [4.69, 9.17) is 22.5 Å². The Morgan fingerprint density at radius 2 is 2.33 bits per heavy atom. The van der Waals surface area contributed by atoms with Crippen LogP contribution in [0.2, 0.25) is 5.15 Å². The number of hydrogen-bond acceptors (Lipinski definition) is 3. The summed E-state index contributed by atoms with van der Waals surface area (Å²) in [7, 11) is 0. The summed E-state index contributed by atoms with van der Waals surface area (Å²) in [6.07, 6.45) is 0. The third kappa shape index (κ3) is 1.86. The molecule has 0 radical (unpaired) electrons. The van der Waals surface area contributed by atoms with Crippen molar-refractivity contribution in [1.29, 1.82) is 0 Å². The maximum Gasteiger partial charge on any atom is 0.188 e. The van der Waals surface area contributed by atoms with Gasteiger partial charge in [0.25, 0.3) is 0 Å². The highest BCUT2D eigenvalue weighted by Gasteiger charge is 2.03. The van der Waals surface area contributed by atoms with Crippen molar-refractivity contribution in [3.63, 3.8) is 0 Å². The lowest BCUT2D eigenvalue weighted by molar-refractivity contribution is 0.318. The highest BCUT2D eigenvalue weighted by Crippen LogP contribution is 2.19. The molecule has 64 valence electrons. The molecule has 0 aliphatic rings. The Bertz CT molecular complexity index is 329. The molecule has 0 atom stereocenters. The summed E-state index contributed by atoms with van der Waals surface area (Å²) in [6.45, 7) is 0. The van der Waals surface area contributed by atoms with Crippen LogP contribution >= 0.6 is 27.5 Å². The minimum absolute atomic E-state index is 0.0654. The summed E-state index contributed by atoms with van der Waals surface area (Å²) >= 11 is 8.83. The Balaban J connectivity index is 3.13. The fourth-order valence-corrected chi connectivity index (χ4v) is 0.986. The van der Waals surface area contributed by atoms with E-state index in [0.717, 1.165) is 0 Å². The van der Waals surface area contributed by atoms with Crippen molar-refractivity contribution in [3.05, 3.63) is 27.5 Å². The van der Waals surface area contributed by atoms with Gasteiger partial charge >= 0.3 is 0 Å². The topological polar surface area (TPSA) is 71.5 Å². The van der Waals surface area contributed by atoms with Gasteiger partial charge in [-0.05, 0) is 28.1 Å².